The Labute approximate surface area is 166 Å². The number of hydrogen-bond acceptors (Lipinski definition) is 4. The molecule has 1 amide bonds. The van der Waals surface area contributed by atoms with Gasteiger partial charge in [-0.25, -0.2) is 0 Å². The molecule has 0 aliphatic heterocycles. The van der Waals surface area contributed by atoms with Crippen LogP contribution in [0.2, 0.25) is 0 Å². The van der Waals surface area contributed by atoms with E-state index in [0.29, 0.717) is 18.0 Å². The van der Waals surface area contributed by atoms with Gasteiger partial charge in [-0.05, 0) is 57.3 Å². The zero-order chi connectivity index (χ0) is 19.3. The molecule has 0 saturated heterocycles. The SMILES string of the molecule is [B]C(=O)CCC(C)(C)SSCCCC(=O)NCCPC(C)(CC)CC. The molecule has 3 nitrogen and oxygen atoms in total. The Morgan fingerprint density at radius 1 is 1.12 bits per heavy atom. The van der Waals surface area contributed by atoms with Gasteiger partial charge in [0.1, 0.15) is 0 Å². The number of rotatable bonds is 15. The van der Waals surface area contributed by atoms with E-state index in [2.05, 4.69) is 39.9 Å². The molecule has 1 N–H and O–H groups in total. The molecule has 0 spiro atoms. The van der Waals surface area contributed by atoms with Gasteiger partial charge < -0.3 is 10.1 Å². The molecule has 0 bridgehead atoms. The first-order valence-electron chi connectivity index (χ1n) is 9.25. The molecule has 0 aliphatic rings. The van der Waals surface area contributed by atoms with Crippen molar-refractivity contribution < 1.29 is 9.59 Å². The molecule has 0 saturated carbocycles. The first-order chi connectivity index (χ1) is 11.6. The predicted molar refractivity (Wildman–Crippen MR) is 119 cm³/mol. The standard InChI is InChI=1S/C18H35BNO2PS2/c1-6-18(5,7-2)23-13-12-20-16(22)9-8-14-24-25-17(3,4)11-10-15(19)21/h23H,6-14H2,1-5H3,(H,20,22). The predicted octanol–water partition coefficient (Wildman–Crippen LogP) is 4.78. The summed E-state index contributed by atoms with van der Waals surface area (Å²) >= 11 is 0. The third-order valence-electron chi connectivity index (χ3n) is 4.45. The maximum Gasteiger partial charge on any atom is 0.220 e. The molecule has 0 aromatic rings. The van der Waals surface area contributed by atoms with Crippen LogP contribution in [-0.4, -0.2) is 47.8 Å². The van der Waals surface area contributed by atoms with Gasteiger partial charge in [-0.1, -0.05) is 42.4 Å². The fraction of sp³-hybridized carbons (Fsp3) is 0.889. The van der Waals surface area contributed by atoms with Crippen LogP contribution in [0, 0.1) is 0 Å². The van der Waals surface area contributed by atoms with Crippen molar-refractivity contribution in [2.24, 2.45) is 0 Å². The first-order valence-corrected chi connectivity index (χ1v) is 12.8. The van der Waals surface area contributed by atoms with Crippen molar-refractivity contribution in [3.8, 4) is 0 Å². The molecule has 7 heteroatoms. The van der Waals surface area contributed by atoms with Crippen molar-refractivity contribution >= 4 is 49.6 Å². The largest absolute Gasteiger partial charge is 0.356 e. The second-order valence-corrected chi connectivity index (χ2v) is 12.5. The molecule has 2 radical (unpaired) electrons. The number of amides is 1. The molecular weight excluding hydrogens is 368 g/mol. The van der Waals surface area contributed by atoms with E-state index in [4.69, 9.17) is 7.85 Å². The molecule has 25 heavy (non-hydrogen) atoms. The highest BCUT2D eigenvalue weighted by atomic mass is 33.1. The van der Waals surface area contributed by atoms with E-state index in [9.17, 15) is 9.59 Å². The van der Waals surface area contributed by atoms with E-state index in [-0.39, 0.29) is 16.3 Å². The number of nitrogens with one attached hydrogen (secondary N) is 1. The van der Waals surface area contributed by atoms with E-state index >= 15 is 0 Å². The smallest absolute Gasteiger partial charge is 0.220 e. The molecule has 0 fully saturated rings. The van der Waals surface area contributed by atoms with Crippen LogP contribution in [0.25, 0.3) is 0 Å². The van der Waals surface area contributed by atoms with Crippen LogP contribution >= 0.6 is 30.2 Å². The third kappa shape index (κ3) is 14.1. The summed E-state index contributed by atoms with van der Waals surface area (Å²) in [6.45, 7) is 11.9. The van der Waals surface area contributed by atoms with Crippen LogP contribution in [-0.2, 0) is 9.59 Å². The fourth-order valence-corrected chi connectivity index (χ4v) is 6.13. The topological polar surface area (TPSA) is 46.2 Å². The van der Waals surface area contributed by atoms with E-state index in [1.807, 2.05) is 0 Å². The van der Waals surface area contributed by atoms with Gasteiger partial charge in [0.15, 0.2) is 7.85 Å². The summed E-state index contributed by atoms with van der Waals surface area (Å²) in [5.41, 5.74) is -0.242. The van der Waals surface area contributed by atoms with E-state index in [1.165, 1.54) is 12.8 Å². The highest BCUT2D eigenvalue weighted by Crippen LogP contribution is 2.39. The lowest BCUT2D eigenvalue weighted by atomic mass is 9.94. The molecule has 1 atom stereocenters. The molecule has 0 rings (SSSR count). The van der Waals surface area contributed by atoms with Gasteiger partial charge in [0.05, 0.1) is 5.68 Å². The zero-order valence-electron chi connectivity index (χ0n) is 16.6. The van der Waals surface area contributed by atoms with Gasteiger partial charge in [0, 0.05) is 23.5 Å². The summed E-state index contributed by atoms with van der Waals surface area (Å²) in [4.78, 5) is 22.7. The van der Waals surface area contributed by atoms with Crippen molar-refractivity contribution in [1.29, 1.82) is 0 Å². The molecular formula is C18H35BNO2PS2. The lowest BCUT2D eigenvalue weighted by Gasteiger charge is -2.26. The normalized spacial score (nSPS) is 12.7. The van der Waals surface area contributed by atoms with Crippen LogP contribution in [0.5, 0.6) is 0 Å². The summed E-state index contributed by atoms with van der Waals surface area (Å²) in [5, 5.41) is 3.49. The first kappa shape index (κ1) is 25.3. The van der Waals surface area contributed by atoms with Gasteiger partial charge in [-0.15, -0.1) is 8.58 Å². The molecule has 0 aliphatic carbocycles. The van der Waals surface area contributed by atoms with E-state index in [1.54, 1.807) is 21.6 Å². The second-order valence-electron chi connectivity index (χ2n) is 7.28. The summed E-state index contributed by atoms with van der Waals surface area (Å²) < 4.78 is 0.0358. The Morgan fingerprint density at radius 2 is 1.76 bits per heavy atom. The van der Waals surface area contributed by atoms with Gasteiger partial charge in [0.25, 0.3) is 0 Å². The number of carbonyl (C=O) groups is 2. The number of hydrogen-bond donors (Lipinski definition) is 1. The maximum atomic E-state index is 11.9. The fourth-order valence-electron chi connectivity index (χ4n) is 2.11. The van der Waals surface area contributed by atoms with Gasteiger partial charge >= 0.3 is 0 Å². The Balaban J connectivity index is 3.69. The van der Waals surface area contributed by atoms with Gasteiger partial charge in [-0.3, -0.25) is 4.79 Å². The zero-order valence-corrected chi connectivity index (χ0v) is 19.2. The van der Waals surface area contributed by atoms with Crippen molar-refractivity contribution in [2.45, 2.75) is 83.0 Å². The molecule has 0 aromatic heterocycles. The maximum absolute atomic E-state index is 11.9. The summed E-state index contributed by atoms with van der Waals surface area (Å²) in [5.74, 6) is 1.11. The summed E-state index contributed by atoms with van der Waals surface area (Å²) in [6.07, 6.45) is 6.20. The van der Waals surface area contributed by atoms with E-state index < -0.39 is 0 Å². The Kier molecular flexibility index (Phi) is 13.7. The van der Waals surface area contributed by atoms with Crippen LogP contribution in [0.4, 0.5) is 0 Å². The quantitative estimate of drug-likeness (QED) is 0.185. The lowest BCUT2D eigenvalue weighted by molar-refractivity contribution is -0.121. The minimum Gasteiger partial charge on any atom is -0.356 e. The Hall–Kier alpha value is 0.335. The summed E-state index contributed by atoms with van der Waals surface area (Å²) in [7, 11) is 9.67. The van der Waals surface area contributed by atoms with Crippen LogP contribution in [0.1, 0.15) is 73.1 Å². The summed E-state index contributed by atoms with van der Waals surface area (Å²) in [6, 6.07) is 0. The molecule has 0 heterocycles. The third-order valence-corrected chi connectivity index (χ3v) is 9.95. The van der Waals surface area contributed by atoms with Crippen molar-refractivity contribution in [3.63, 3.8) is 0 Å². The van der Waals surface area contributed by atoms with Gasteiger partial charge in [0.2, 0.25) is 5.91 Å². The minimum absolute atomic E-state index is 0.0358. The second kappa shape index (κ2) is 13.5. The molecule has 0 aromatic carbocycles. The lowest BCUT2D eigenvalue weighted by Crippen LogP contribution is -2.27. The van der Waals surface area contributed by atoms with E-state index in [0.717, 1.165) is 39.9 Å². The van der Waals surface area contributed by atoms with Crippen LogP contribution in [0.3, 0.4) is 0 Å². The average Bonchev–Trinajstić information content (AvgIpc) is 2.56. The average molecular weight is 403 g/mol. The van der Waals surface area contributed by atoms with Crippen molar-refractivity contribution in [3.05, 3.63) is 0 Å². The number of carbonyl (C=O) groups excluding carboxylic acids is 2. The van der Waals surface area contributed by atoms with Crippen LogP contribution < -0.4 is 5.32 Å². The van der Waals surface area contributed by atoms with Gasteiger partial charge in [-0.2, -0.15) is 0 Å². The van der Waals surface area contributed by atoms with Crippen LogP contribution in [0.15, 0.2) is 0 Å². The van der Waals surface area contributed by atoms with Crippen molar-refractivity contribution in [1.82, 2.24) is 5.32 Å². The monoisotopic (exact) mass is 403 g/mol. The molecule has 1 unspecified atom stereocenters. The molecule has 144 valence electrons. The van der Waals surface area contributed by atoms with Crippen molar-refractivity contribution in [2.75, 3.05) is 18.5 Å². The Morgan fingerprint density at radius 3 is 2.32 bits per heavy atom. The highest BCUT2D eigenvalue weighted by Gasteiger charge is 2.20. The Bertz CT molecular complexity index is 405. The highest BCUT2D eigenvalue weighted by molar-refractivity contribution is 8.77. The minimum atomic E-state index is -0.242.